The maximum atomic E-state index is 12.1. The second kappa shape index (κ2) is 9.91. The van der Waals surface area contributed by atoms with Crippen LogP contribution in [0.2, 0.25) is 5.02 Å². The van der Waals surface area contributed by atoms with Crippen molar-refractivity contribution in [1.82, 2.24) is 0 Å². The van der Waals surface area contributed by atoms with E-state index in [1.54, 1.807) is 6.07 Å². The van der Waals surface area contributed by atoms with E-state index in [1.165, 1.54) is 0 Å². The molecule has 0 atom stereocenters. The summed E-state index contributed by atoms with van der Waals surface area (Å²) in [5, 5.41) is 6.60. The Kier molecular flexibility index (Phi) is 7.57. The summed E-state index contributed by atoms with van der Waals surface area (Å²) in [4.78, 5) is 12.1. The van der Waals surface area contributed by atoms with Crippen molar-refractivity contribution >= 4 is 28.9 Å². The molecule has 2 rings (SSSR count). The van der Waals surface area contributed by atoms with Gasteiger partial charge in [0.25, 0.3) is 0 Å². The molecule has 134 valence electrons. The van der Waals surface area contributed by atoms with Crippen LogP contribution in [-0.2, 0) is 9.53 Å². The third-order valence-electron chi connectivity index (χ3n) is 3.53. The average molecular weight is 363 g/mol. The van der Waals surface area contributed by atoms with Gasteiger partial charge in [-0.15, -0.1) is 0 Å². The molecule has 0 aromatic heterocycles. The Bertz CT molecular complexity index is 707. The summed E-state index contributed by atoms with van der Waals surface area (Å²) in [6, 6.07) is 12.8. The van der Waals surface area contributed by atoms with Crippen molar-refractivity contribution in [2.45, 2.75) is 13.8 Å². The SMILES string of the molecule is CCOCCOc1cccc(NC(=O)CNc2cccc(Cl)c2C)c1. The van der Waals surface area contributed by atoms with Crippen LogP contribution < -0.4 is 15.4 Å². The summed E-state index contributed by atoms with van der Waals surface area (Å²) >= 11 is 6.07. The molecule has 2 aromatic rings. The normalized spacial score (nSPS) is 10.4. The molecular formula is C19H23ClN2O3. The Labute approximate surface area is 153 Å². The summed E-state index contributed by atoms with van der Waals surface area (Å²) in [6.07, 6.45) is 0. The fourth-order valence-corrected chi connectivity index (χ4v) is 2.38. The smallest absolute Gasteiger partial charge is 0.243 e. The van der Waals surface area contributed by atoms with Gasteiger partial charge in [-0.05, 0) is 43.7 Å². The molecule has 0 saturated carbocycles. The molecule has 5 nitrogen and oxygen atoms in total. The van der Waals surface area contributed by atoms with Gasteiger partial charge in [-0.1, -0.05) is 23.7 Å². The van der Waals surface area contributed by atoms with Gasteiger partial charge in [0.2, 0.25) is 5.91 Å². The molecule has 0 aliphatic rings. The van der Waals surface area contributed by atoms with Gasteiger partial charge in [0, 0.05) is 29.1 Å². The number of nitrogens with one attached hydrogen (secondary N) is 2. The first-order chi connectivity index (χ1) is 12.1. The number of carbonyl (C=O) groups is 1. The van der Waals surface area contributed by atoms with Crippen molar-refractivity contribution in [3.63, 3.8) is 0 Å². The Balaban J connectivity index is 1.84. The van der Waals surface area contributed by atoms with Crippen molar-refractivity contribution in [2.75, 3.05) is 37.0 Å². The Morgan fingerprint density at radius 3 is 2.76 bits per heavy atom. The van der Waals surface area contributed by atoms with E-state index in [-0.39, 0.29) is 12.5 Å². The number of hydrogen-bond acceptors (Lipinski definition) is 4. The molecular weight excluding hydrogens is 340 g/mol. The Hall–Kier alpha value is -2.24. The lowest BCUT2D eigenvalue weighted by Gasteiger charge is -2.12. The monoisotopic (exact) mass is 362 g/mol. The van der Waals surface area contributed by atoms with Gasteiger partial charge in [-0.3, -0.25) is 4.79 Å². The highest BCUT2D eigenvalue weighted by molar-refractivity contribution is 6.31. The van der Waals surface area contributed by atoms with Gasteiger partial charge < -0.3 is 20.1 Å². The second-order valence-electron chi connectivity index (χ2n) is 5.39. The Morgan fingerprint density at radius 2 is 1.96 bits per heavy atom. The van der Waals surface area contributed by atoms with Gasteiger partial charge >= 0.3 is 0 Å². The largest absolute Gasteiger partial charge is 0.491 e. The highest BCUT2D eigenvalue weighted by Gasteiger charge is 2.06. The van der Waals surface area contributed by atoms with Crippen LogP contribution in [0.4, 0.5) is 11.4 Å². The molecule has 0 saturated heterocycles. The van der Waals surface area contributed by atoms with Gasteiger partial charge in [0.1, 0.15) is 12.4 Å². The van der Waals surface area contributed by atoms with E-state index >= 15 is 0 Å². The molecule has 2 aromatic carbocycles. The summed E-state index contributed by atoms with van der Waals surface area (Å²) < 4.78 is 10.8. The lowest BCUT2D eigenvalue weighted by atomic mass is 10.2. The summed E-state index contributed by atoms with van der Waals surface area (Å²) in [5.74, 6) is 0.544. The second-order valence-corrected chi connectivity index (χ2v) is 5.79. The molecule has 0 bridgehead atoms. The third kappa shape index (κ3) is 6.29. The zero-order valence-corrected chi connectivity index (χ0v) is 15.2. The predicted octanol–water partition coefficient (Wildman–Crippen LogP) is 4.11. The zero-order valence-electron chi connectivity index (χ0n) is 14.5. The lowest BCUT2D eigenvalue weighted by molar-refractivity contribution is -0.114. The molecule has 0 spiro atoms. The predicted molar refractivity (Wildman–Crippen MR) is 102 cm³/mol. The van der Waals surface area contributed by atoms with Gasteiger partial charge in [0.05, 0.1) is 13.2 Å². The first kappa shape index (κ1) is 19.1. The van der Waals surface area contributed by atoms with Crippen molar-refractivity contribution in [3.05, 3.63) is 53.1 Å². The van der Waals surface area contributed by atoms with E-state index in [4.69, 9.17) is 21.1 Å². The molecule has 6 heteroatoms. The van der Waals surface area contributed by atoms with Crippen molar-refractivity contribution in [1.29, 1.82) is 0 Å². The van der Waals surface area contributed by atoms with Crippen LogP contribution in [0.15, 0.2) is 42.5 Å². The molecule has 0 heterocycles. The van der Waals surface area contributed by atoms with Crippen LogP contribution in [0.1, 0.15) is 12.5 Å². The van der Waals surface area contributed by atoms with Crippen molar-refractivity contribution in [3.8, 4) is 5.75 Å². The number of rotatable bonds is 9. The van der Waals surface area contributed by atoms with Crippen LogP contribution in [0.3, 0.4) is 0 Å². The summed E-state index contributed by atoms with van der Waals surface area (Å²) in [6.45, 7) is 5.67. The number of anilines is 2. The zero-order chi connectivity index (χ0) is 18.1. The lowest BCUT2D eigenvalue weighted by Crippen LogP contribution is -2.22. The molecule has 0 radical (unpaired) electrons. The van der Waals surface area contributed by atoms with Crippen LogP contribution in [0, 0.1) is 6.92 Å². The van der Waals surface area contributed by atoms with Gasteiger partial charge in [-0.2, -0.15) is 0 Å². The van der Waals surface area contributed by atoms with E-state index < -0.39 is 0 Å². The first-order valence-electron chi connectivity index (χ1n) is 8.19. The summed E-state index contributed by atoms with van der Waals surface area (Å²) in [7, 11) is 0. The molecule has 0 fully saturated rings. The summed E-state index contributed by atoms with van der Waals surface area (Å²) in [5.41, 5.74) is 2.45. The number of halogens is 1. The van der Waals surface area contributed by atoms with Crippen LogP contribution in [0.25, 0.3) is 0 Å². The Morgan fingerprint density at radius 1 is 1.16 bits per heavy atom. The van der Waals surface area contributed by atoms with Crippen LogP contribution in [0.5, 0.6) is 5.75 Å². The fourth-order valence-electron chi connectivity index (χ4n) is 2.21. The van der Waals surface area contributed by atoms with Crippen molar-refractivity contribution in [2.24, 2.45) is 0 Å². The molecule has 0 unspecified atom stereocenters. The maximum absolute atomic E-state index is 12.1. The van der Waals surface area contributed by atoms with Crippen LogP contribution in [-0.4, -0.2) is 32.3 Å². The van der Waals surface area contributed by atoms with E-state index in [0.29, 0.717) is 36.3 Å². The minimum atomic E-state index is -0.147. The molecule has 2 N–H and O–H groups in total. The number of carbonyl (C=O) groups excluding carboxylic acids is 1. The third-order valence-corrected chi connectivity index (χ3v) is 3.93. The van der Waals surface area contributed by atoms with Gasteiger partial charge in [0.15, 0.2) is 0 Å². The van der Waals surface area contributed by atoms with Crippen molar-refractivity contribution < 1.29 is 14.3 Å². The van der Waals surface area contributed by atoms with E-state index in [9.17, 15) is 4.79 Å². The molecule has 0 aliphatic heterocycles. The number of benzene rings is 2. The first-order valence-corrected chi connectivity index (χ1v) is 8.57. The highest BCUT2D eigenvalue weighted by atomic mass is 35.5. The van der Waals surface area contributed by atoms with E-state index in [1.807, 2.05) is 50.2 Å². The van der Waals surface area contributed by atoms with E-state index in [0.717, 1.165) is 11.3 Å². The molecule has 0 aliphatic carbocycles. The average Bonchev–Trinajstić information content (AvgIpc) is 2.60. The standard InChI is InChI=1S/C19H23ClN2O3/c1-3-24-10-11-25-16-7-4-6-15(12-16)22-19(23)13-21-18-9-5-8-17(20)14(18)2/h4-9,12,21H,3,10-11,13H2,1-2H3,(H,22,23). The molecule has 25 heavy (non-hydrogen) atoms. The number of ether oxygens (including phenoxy) is 2. The quantitative estimate of drug-likeness (QED) is 0.659. The maximum Gasteiger partial charge on any atom is 0.243 e. The highest BCUT2D eigenvalue weighted by Crippen LogP contribution is 2.22. The topological polar surface area (TPSA) is 59.6 Å². The van der Waals surface area contributed by atoms with Gasteiger partial charge in [-0.25, -0.2) is 0 Å². The minimum Gasteiger partial charge on any atom is -0.491 e. The van der Waals surface area contributed by atoms with E-state index in [2.05, 4.69) is 10.6 Å². The number of hydrogen-bond donors (Lipinski definition) is 2. The fraction of sp³-hybridized carbons (Fsp3) is 0.316. The minimum absolute atomic E-state index is 0.147. The molecule has 1 amide bonds. The van der Waals surface area contributed by atoms with Crippen LogP contribution >= 0.6 is 11.6 Å². The number of amides is 1.